The lowest BCUT2D eigenvalue weighted by molar-refractivity contribution is 0.0525. The molecule has 4 heteroatoms. The highest BCUT2D eigenvalue weighted by Crippen LogP contribution is 2.32. The van der Waals surface area contributed by atoms with E-state index < -0.39 is 11.9 Å². The molecular formula is C16H16O4. The van der Waals surface area contributed by atoms with E-state index in [0.29, 0.717) is 22.3 Å². The Morgan fingerprint density at radius 1 is 1.00 bits per heavy atom. The molecule has 0 unspecified atom stereocenters. The van der Waals surface area contributed by atoms with Crippen molar-refractivity contribution in [1.29, 1.82) is 0 Å². The zero-order valence-corrected chi connectivity index (χ0v) is 11.4. The van der Waals surface area contributed by atoms with Crippen LogP contribution < -0.4 is 0 Å². The molecule has 0 aromatic carbocycles. The van der Waals surface area contributed by atoms with Gasteiger partial charge in [-0.05, 0) is 31.0 Å². The average Bonchev–Trinajstić information content (AvgIpc) is 2.71. The summed E-state index contributed by atoms with van der Waals surface area (Å²) in [5.41, 5.74) is 1.78. The molecule has 0 bridgehead atoms. The summed E-state index contributed by atoms with van der Waals surface area (Å²) >= 11 is 0. The first-order valence-corrected chi connectivity index (χ1v) is 6.46. The summed E-state index contributed by atoms with van der Waals surface area (Å²) in [5, 5.41) is 0. The summed E-state index contributed by atoms with van der Waals surface area (Å²) in [6.45, 7) is 3.94. The fraction of sp³-hybridized carbons (Fsp3) is 0.250. The molecule has 0 spiro atoms. The van der Waals surface area contributed by atoms with Crippen LogP contribution in [0.5, 0.6) is 0 Å². The van der Waals surface area contributed by atoms with Crippen LogP contribution in [-0.2, 0) is 9.47 Å². The van der Waals surface area contributed by atoms with Crippen LogP contribution in [0.15, 0.2) is 36.4 Å². The van der Waals surface area contributed by atoms with Gasteiger partial charge < -0.3 is 9.47 Å². The minimum atomic E-state index is -0.490. The molecule has 0 saturated carbocycles. The lowest BCUT2D eigenvalue weighted by Gasteiger charge is -2.02. The van der Waals surface area contributed by atoms with Gasteiger partial charge in [0.25, 0.3) is 0 Å². The van der Waals surface area contributed by atoms with E-state index in [0.717, 1.165) is 0 Å². The van der Waals surface area contributed by atoms with Crippen molar-refractivity contribution >= 4 is 11.9 Å². The molecular weight excluding hydrogens is 256 g/mol. The van der Waals surface area contributed by atoms with Crippen molar-refractivity contribution < 1.29 is 20.4 Å². The van der Waals surface area contributed by atoms with Crippen LogP contribution in [-0.4, -0.2) is 25.2 Å². The van der Waals surface area contributed by atoms with E-state index in [-0.39, 0.29) is 19.3 Å². The first-order chi connectivity index (χ1) is 10.1. The zero-order chi connectivity index (χ0) is 15.4. The van der Waals surface area contributed by atoms with Crippen LogP contribution in [0.25, 0.3) is 11.1 Å². The number of carbonyl (C=O) groups is 2. The highest BCUT2D eigenvalue weighted by Gasteiger charge is 2.24. The average molecular weight is 273 g/mol. The number of ether oxygens (including phenoxy) is 2. The molecule has 104 valence electrons. The van der Waals surface area contributed by atoms with Crippen molar-refractivity contribution in [2.24, 2.45) is 0 Å². The maximum Gasteiger partial charge on any atom is 0.338 e. The lowest BCUT2D eigenvalue weighted by Crippen LogP contribution is -2.05. The van der Waals surface area contributed by atoms with Gasteiger partial charge in [0.2, 0.25) is 0 Å². The third kappa shape index (κ3) is 2.64. The maximum absolute atomic E-state index is 12.0. The summed E-state index contributed by atoms with van der Waals surface area (Å²) < 4.78 is 17.7. The standard InChI is InChI=1S/C16H16O4/c1-3-19-15(17)13-10-14(16(18)20-4-2)12-9-7-5-6-8-11(12)13/h5-10H,3-4H2,1-2H3/i5D. The number of hydrogen-bond donors (Lipinski definition) is 0. The smallest absolute Gasteiger partial charge is 0.338 e. The largest absolute Gasteiger partial charge is 0.462 e. The molecule has 0 heterocycles. The molecule has 0 aliphatic heterocycles. The Labute approximate surface area is 119 Å². The van der Waals surface area contributed by atoms with Gasteiger partial charge >= 0.3 is 11.9 Å². The molecule has 0 atom stereocenters. The van der Waals surface area contributed by atoms with E-state index in [1.54, 1.807) is 38.1 Å². The molecule has 0 fully saturated rings. The molecule has 0 aromatic rings. The van der Waals surface area contributed by atoms with Gasteiger partial charge in [-0.1, -0.05) is 30.3 Å². The van der Waals surface area contributed by atoms with Gasteiger partial charge in [0.15, 0.2) is 0 Å². The Kier molecular flexibility index (Phi) is 3.92. The van der Waals surface area contributed by atoms with Gasteiger partial charge in [-0.3, -0.25) is 0 Å². The number of fused-ring (bicyclic) bond motifs is 1. The molecule has 2 aliphatic rings. The summed E-state index contributed by atoms with van der Waals surface area (Å²) in [5.74, 6) is -0.980. The SMILES string of the molecule is [2H]c1ccc2c(C(=O)OCC)cc(C(=O)OCC)c-2cc1. The van der Waals surface area contributed by atoms with Crippen LogP contribution in [0.1, 0.15) is 35.9 Å². The normalized spacial score (nSPS) is 11.0. The predicted molar refractivity (Wildman–Crippen MR) is 75.0 cm³/mol. The predicted octanol–water partition coefficient (Wildman–Crippen LogP) is 3.14. The van der Waals surface area contributed by atoms with Crippen LogP contribution in [0.4, 0.5) is 0 Å². The maximum atomic E-state index is 12.0. The summed E-state index contributed by atoms with van der Waals surface area (Å²) in [7, 11) is 0. The van der Waals surface area contributed by atoms with Gasteiger partial charge in [-0.2, -0.15) is 0 Å². The van der Waals surface area contributed by atoms with Gasteiger partial charge in [0.05, 0.1) is 25.7 Å². The van der Waals surface area contributed by atoms with Gasteiger partial charge in [-0.15, -0.1) is 0 Å². The molecule has 20 heavy (non-hydrogen) atoms. The number of hydrogen-bond acceptors (Lipinski definition) is 4. The highest BCUT2D eigenvalue weighted by atomic mass is 16.5. The Bertz CT molecular complexity index is 598. The lowest BCUT2D eigenvalue weighted by atomic mass is 10.1. The molecule has 0 aromatic heterocycles. The van der Waals surface area contributed by atoms with E-state index in [4.69, 9.17) is 10.8 Å². The van der Waals surface area contributed by atoms with Gasteiger partial charge in [-0.25, -0.2) is 9.59 Å². The molecule has 4 nitrogen and oxygen atoms in total. The second-order valence-electron chi connectivity index (χ2n) is 4.07. The minimum absolute atomic E-state index is 0.253. The van der Waals surface area contributed by atoms with Crippen molar-refractivity contribution in [3.05, 3.63) is 47.5 Å². The third-order valence-corrected chi connectivity index (χ3v) is 2.84. The van der Waals surface area contributed by atoms with Crippen LogP contribution in [0.2, 0.25) is 0 Å². The van der Waals surface area contributed by atoms with Crippen molar-refractivity contribution in [1.82, 2.24) is 0 Å². The second kappa shape index (κ2) is 6.19. The highest BCUT2D eigenvalue weighted by molar-refractivity contribution is 6.07. The van der Waals surface area contributed by atoms with E-state index in [1.807, 2.05) is 0 Å². The number of rotatable bonds is 4. The van der Waals surface area contributed by atoms with E-state index in [9.17, 15) is 9.59 Å². The van der Waals surface area contributed by atoms with E-state index in [2.05, 4.69) is 0 Å². The molecule has 2 aliphatic carbocycles. The fourth-order valence-electron chi connectivity index (χ4n) is 2.02. The summed E-state index contributed by atoms with van der Waals surface area (Å²) in [4.78, 5) is 24.0. The van der Waals surface area contributed by atoms with Crippen molar-refractivity contribution in [2.45, 2.75) is 13.8 Å². The summed E-state index contributed by atoms with van der Waals surface area (Å²) in [6.07, 6.45) is 0. The van der Waals surface area contributed by atoms with Crippen molar-refractivity contribution in [3.63, 3.8) is 0 Å². The molecule has 0 saturated heterocycles. The third-order valence-electron chi connectivity index (χ3n) is 2.84. The quantitative estimate of drug-likeness (QED) is 0.803. The van der Waals surface area contributed by atoms with Crippen LogP contribution in [0, 0.1) is 0 Å². The zero-order valence-electron chi connectivity index (χ0n) is 12.4. The molecule has 0 amide bonds. The van der Waals surface area contributed by atoms with E-state index >= 15 is 0 Å². The second-order valence-corrected chi connectivity index (χ2v) is 4.07. The first-order valence-electron chi connectivity index (χ1n) is 6.96. The Hall–Kier alpha value is -2.36. The van der Waals surface area contributed by atoms with Gasteiger partial charge in [0.1, 0.15) is 0 Å². The molecule has 0 radical (unpaired) electrons. The fourth-order valence-corrected chi connectivity index (χ4v) is 2.02. The van der Waals surface area contributed by atoms with Gasteiger partial charge in [0, 0.05) is 0 Å². The van der Waals surface area contributed by atoms with Crippen molar-refractivity contribution in [3.8, 4) is 11.1 Å². The monoisotopic (exact) mass is 273 g/mol. The Balaban J connectivity index is 2.60. The summed E-state index contributed by atoms with van der Waals surface area (Å²) in [6, 6.07) is 8.21. The minimum Gasteiger partial charge on any atom is -0.462 e. The topological polar surface area (TPSA) is 52.6 Å². The molecule has 2 rings (SSSR count). The van der Waals surface area contributed by atoms with Crippen LogP contribution in [0.3, 0.4) is 0 Å². The number of esters is 2. The van der Waals surface area contributed by atoms with Crippen LogP contribution >= 0.6 is 0 Å². The Morgan fingerprint density at radius 2 is 1.45 bits per heavy atom. The number of carbonyl (C=O) groups excluding carboxylic acids is 2. The Morgan fingerprint density at radius 3 is 1.85 bits per heavy atom. The van der Waals surface area contributed by atoms with Crippen molar-refractivity contribution in [2.75, 3.05) is 13.2 Å². The van der Waals surface area contributed by atoms with E-state index in [1.165, 1.54) is 6.07 Å². The molecule has 0 N–H and O–H groups in total. The first kappa shape index (κ1) is 12.7.